The maximum atomic E-state index is 12.3. The number of aromatic amines is 1. The van der Waals surface area contributed by atoms with E-state index in [1.807, 2.05) is 48.5 Å². The van der Waals surface area contributed by atoms with Crippen LogP contribution in [0.1, 0.15) is 23.0 Å². The third-order valence-corrected chi connectivity index (χ3v) is 3.62. The molecule has 3 rings (SSSR count). The summed E-state index contributed by atoms with van der Waals surface area (Å²) in [7, 11) is 0. The number of hydrogen-bond donors (Lipinski definition) is 2. The van der Waals surface area contributed by atoms with Crippen LogP contribution < -0.4 is 5.32 Å². The van der Waals surface area contributed by atoms with E-state index in [4.69, 9.17) is 4.74 Å². The fourth-order valence-corrected chi connectivity index (χ4v) is 2.51. The second kappa shape index (κ2) is 7.00. The first-order valence-electron chi connectivity index (χ1n) is 7.79. The third kappa shape index (κ3) is 3.63. The smallest absolute Gasteiger partial charge is 0.310 e. The molecule has 1 amide bonds. The van der Waals surface area contributed by atoms with Crippen LogP contribution in [0, 0.1) is 0 Å². The van der Waals surface area contributed by atoms with Crippen molar-refractivity contribution in [3.05, 3.63) is 65.9 Å². The highest BCUT2D eigenvalue weighted by Crippen LogP contribution is 2.19. The number of carbonyl (C=O) groups is 2. The van der Waals surface area contributed by atoms with Gasteiger partial charge in [-0.25, -0.2) is 0 Å². The molecule has 0 radical (unpaired) electrons. The van der Waals surface area contributed by atoms with E-state index in [0.717, 1.165) is 22.2 Å². The van der Waals surface area contributed by atoms with Gasteiger partial charge in [0.05, 0.1) is 13.0 Å². The van der Waals surface area contributed by atoms with E-state index in [-0.39, 0.29) is 18.3 Å². The van der Waals surface area contributed by atoms with Crippen LogP contribution in [0.5, 0.6) is 0 Å². The Morgan fingerprint density at radius 3 is 2.62 bits per heavy atom. The number of H-pyrrole nitrogens is 1. The summed E-state index contributed by atoms with van der Waals surface area (Å²) in [5.74, 6) is -0.463. The molecule has 5 heteroatoms. The summed E-state index contributed by atoms with van der Waals surface area (Å²) in [6, 6.07) is 16.7. The lowest BCUT2D eigenvalue weighted by atomic mass is 10.1. The first-order valence-corrected chi connectivity index (χ1v) is 7.79. The number of amides is 1. The molecular weight excluding hydrogens is 304 g/mol. The van der Waals surface area contributed by atoms with Gasteiger partial charge in [-0.1, -0.05) is 30.3 Å². The van der Waals surface area contributed by atoms with E-state index in [0.29, 0.717) is 12.3 Å². The standard InChI is InChI=1S/C19H18N2O3/c1-2-24-18(22)11-13-8-9-14-12-17(21-16(14)10-13)19(23)20-15-6-4-3-5-7-15/h3-10,12,21H,2,11H2,1H3,(H,20,23). The van der Waals surface area contributed by atoms with Gasteiger partial charge in [-0.15, -0.1) is 0 Å². The predicted octanol–water partition coefficient (Wildman–Crippen LogP) is 3.53. The van der Waals surface area contributed by atoms with Gasteiger partial charge in [-0.3, -0.25) is 9.59 Å². The van der Waals surface area contributed by atoms with Crippen LogP contribution in [-0.2, 0) is 16.0 Å². The van der Waals surface area contributed by atoms with Crippen molar-refractivity contribution in [1.29, 1.82) is 0 Å². The molecule has 0 saturated heterocycles. The average Bonchev–Trinajstić information content (AvgIpc) is 2.99. The van der Waals surface area contributed by atoms with E-state index in [2.05, 4.69) is 10.3 Å². The first-order chi connectivity index (χ1) is 11.7. The predicted molar refractivity (Wildman–Crippen MR) is 93.0 cm³/mol. The van der Waals surface area contributed by atoms with Gasteiger partial charge < -0.3 is 15.0 Å². The Bertz CT molecular complexity index is 869. The van der Waals surface area contributed by atoms with Crippen molar-refractivity contribution in [2.24, 2.45) is 0 Å². The molecule has 24 heavy (non-hydrogen) atoms. The Morgan fingerprint density at radius 1 is 1.08 bits per heavy atom. The molecule has 0 aliphatic heterocycles. The van der Waals surface area contributed by atoms with Crippen LogP contribution >= 0.6 is 0 Å². The van der Waals surface area contributed by atoms with Gasteiger partial charge in [0.25, 0.3) is 5.91 Å². The van der Waals surface area contributed by atoms with Gasteiger partial charge in [0.2, 0.25) is 0 Å². The number of rotatable bonds is 5. The number of aromatic nitrogens is 1. The summed E-state index contributed by atoms with van der Waals surface area (Å²) in [5, 5.41) is 3.76. The molecule has 0 spiro atoms. The van der Waals surface area contributed by atoms with Gasteiger partial charge in [-0.2, -0.15) is 0 Å². The lowest BCUT2D eigenvalue weighted by Gasteiger charge is -2.02. The number of hydrogen-bond acceptors (Lipinski definition) is 3. The van der Waals surface area contributed by atoms with Crippen molar-refractivity contribution in [2.75, 3.05) is 11.9 Å². The van der Waals surface area contributed by atoms with Crippen molar-refractivity contribution >= 4 is 28.5 Å². The van der Waals surface area contributed by atoms with Crippen LogP contribution in [-0.4, -0.2) is 23.5 Å². The van der Waals surface area contributed by atoms with Crippen LogP contribution in [0.3, 0.4) is 0 Å². The molecule has 0 bridgehead atoms. The number of esters is 1. The van der Waals surface area contributed by atoms with E-state index in [1.165, 1.54) is 0 Å². The number of carbonyl (C=O) groups excluding carboxylic acids is 2. The molecule has 0 saturated carbocycles. The maximum Gasteiger partial charge on any atom is 0.310 e. The van der Waals surface area contributed by atoms with Gasteiger partial charge in [0, 0.05) is 16.6 Å². The topological polar surface area (TPSA) is 71.2 Å². The molecule has 0 unspecified atom stereocenters. The zero-order valence-corrected chi connectivity index (χ0v) is 13.3. The average molecular weight is 322 g/mol. The van der Waals surface area contributed by atoms with Crippen molar-refractivity contribution in [2.45, 2.75) is 13.3 Å². The fraction of sp³-hybridized carbons (Fsp3) is 0.158. The van der Waals surface area contributed by atoms with Crippen LogP contribution in [0.2, 0.25) is 0 Å². The molecular formula is C19H18N2O3. The Kier molecular flexibility index (Phi) is 4.61. The van der Waals surface area contributed by atoms with Gasteiger partial charge in [-0.05, 0) is 36.8 Å². The van der Waals surface area contributed by atoms with E-state index >= 15 is 0 Å². The molecule has 0 atom stereocenters. The zero-order valence-electron chi connectivity index (χ0n) is 13.3. The Balaban J connectivity index is 1.78. The highest BCUT2D eigenvalue weighted by molar-refractivity contribution is 6.06. The molecule has 2 aromatic carbocycles. The minimum absolute atomic E-state index is 0.204. The quantitative estimate of drug-likeness (QED) is 0.706. The van der Waals surface area contributed by atoms with Gasteiger partial charge >= 0.3 is 5.97 Å². The third-order valence-electron chi connectivity index (χ3n) is 3.62. The Hall–Kier alpha value is -3.08. The van der Waals surface area contributed by atoms with Crippen LogP contribution in [0.15, 0.2) is 54.6 Å². The lowest BCUT2D eigenvalue weighted by molar-refractivity contribution is -0.142. The van der Waals surface area contributed by atoms with E-state index < -0.39 is 0 Å². The molecule has 0 aliphatic rings. The normalized spacial score (nSPS) is 10.5. The van der Waals surface area contributed by atoms with Gasteiger partial charge in [0.15, 0.2) is 0 Å². The molecule has 2 N–H and O–H groups in total. The molecule has 1 heterocycles. The molecule has 3 aromatic rings. The fourth-order valence-electron chi connectivity index (χ4n) is 2.51. The minimum Gasteiger partial charge on any atom is -0.466 e. The molecule has 1 aromatic heterocycles. The summed E-state index contributed by atoms with van der Waals surface area (Å²) in [6.07, 6.45) is 0.217. The Morgan fingerprint density at radius 2 is 1.88 bits per heavy atom. The minimum atomic E-state index is -0.259. The van der Waals surface area contributed by atoms with Crippen molar-refractivity contribution in [3.8, 4) is 0 Å². The largest absolute Gasteiger partial charge is 0.466 e. The number of ether oxygens (including phenoxy) is 1. The molecule has 0 aliphatic carbocycles. The SMILES string of the molecule is CCOC(=O)Cc1ccc2cc(C(=O)Nc3ccccc3)[nH]c2c1. The number of para-hydroxylation sites is 1. The second-order valence-electron chi connectivity index (χ2n) is 5.41. The summed E-state index contributed by atoms with van der Waals surface area (Å²) in [4.78, 5) is 27.0. The van der Waals surface area contributed by atoms with Crippen molar-refractivity contribution in [1.82, 2.24) is 4.98 Å². The van der Waals surface area contributed by atoms with Crippen molar-refractivity contribution < 1.29 is 14.3 Å². The van der Waals surface area contributed by atoms with E-state index in [1.54, 1.807) is 13.0 Å². The highest BCUT2D eigenvalue weighted by Gasteiger charge is 2.11. The summed E-state index contributed by atoms with van der Waals surface area (Å²) < 4.78 is 4.95. The lowest BCUT2D eigenvalue weighted by Crippen LogP contribution is -2.11. The van der Waals surface area contributed by atoms with Crippen molar-refractivity contribution in [3.63, 3.8) is 0 Å². The molecule has 122 valence electrons. The number of fused-ring (bicyclic) bond motifs is 1. The van der Waals surface area contributed by atoms with Crippen LogP contribution in [0.25, 0.3) is 10.9 Å². The molecule has 5 nitrogen and oxygen atoms in total. The number of anilines is 1. The van der Waals surface area contributed by atoms with Gasteiger partial charge in [0.1, 0.15) is 5.69 Å². The summed E-state index contributed by atoms with van der Waals surface area (Å²) in [6.45, 7) is 2.15. The molecule has 0 fully saturated rings. The first kappa shape index (κ1) is 15.8. The van der Waals surface area contributed by atoms with E-state index in [9.17, 15) is 9.59 Å². The zero-order chi connectivity index (χ0) is 16.9. The van der Waals surface area contributed by atoms with Crippen LogP contribution in [0.4, 0.5) is 5.69 Å². The Labute approximate surface area is 139 Å². The maximum absolute atomic E-state index is 12.3. The number of benzene rings is 2. The second-order valence-corrected chi connectivity index (χ2v) is 5.41. The number of nitrogens with one attached hydrogen (secondary N) is 2. The summed E-state index contributed by atoms with van der Waals surface area (Å²) >= 11 is 0. The highest BCUT2D eigenvalue weighted by atomic mass is 16.5. The summed E-state index contributed by atoms with van der Waals surface area (Å²) in [5.41, 5.74) is 2.87. The monoisotopic (exact) mass is 322 g/mol.